The van der Waals surface area contributed by atoms with Gasteiger partial charge >= 0.3 is 0 Å². The van der Waals surface area contributed by atoms with Gasteiger partial charge in [0.25, 0.3) is 0 Å². The molecule has 0 bridgehead atoms. The van der Waals surface area contributed by atoms with Gasteiger partial charge in [0.1, 0.15) is 0 Å². The van der Waals surface area contributed by atoms with Gasteiger partial charge in [-0.1, -0.05) is 48.5 Å². The van der Waals surface area contributed by atoms with E-state index in [1.54, 1.807) is 0 Å². The molecular formula is C19H19N3. The first-order chi connectivity index (χ1) is 10.9. The first-order valence-corrected chi connectivity index (χ1v) is 7.72. The largest absolute Gasteiger partial charge is 0.352 e. The Morgan fingerprint density at radius 1 is 1.14 bits per heavy atom. The second-order valence-corrected chi connectivity index (χ2v) is 5.72. The second-order valence-electron chi connectivity index (χ2n) is 5.72. The summed E-state index contributed by atoms with van der Waals surface area (Å²) in [6.07, 6.45) is 2.85. The van der Waals surface area contributed by atoms with Crippen molar-refractivity contribution >= 4 is 11.6 Å². The smallest absolute Gasteiger partial charge is 0.199 e. The van der Waals surface area contributed by atoms with E-state index < -0.39 is 0 Å². The van der Waals surface area contributed by atoms with Crippen LogP contribution < -0.4 is 10.2 Å². The molecule has 1 atom stereocenters. The summed E-state index contributed by atoms with van der Waals surface area (Å²) in [7, 11) is 0. The van der Waals surface area contributed by atoms with E-state index in [0.717, 1.165) is 25.5 Å². The summed E-state index contributed by atoms with van der Waals surface area (Å²) in [5, 5.41) is 3.39. The number of benzene rings is 2. The third-order valence-corrected chi connectivity index (χ3v) is 4.40. The third kappa shape index (κ3) is 2.01. The average molecular weight is 289 g/mol. The van der Waals surface area contributed by atoms with Gasteiger partial charge in [0.05, 0.1) is 12.6 Å². The number of hydrogen-bond acceptors (Lipinski definition) is 3. The van der Waals surface area contributed by atoms with E-state index in [4.69, 9.17) is 4.99 Å². The van der Waals surface area contributed by atoms with Crippen molar-refractivity contribution in [2.75, 3.05) is 18.0 Å². The maximum Gasteiger partial charge on any atom is 0.199 e. The van der Waals surface area contributed by atoms with Gasteiger partial charge in [-0.25, -0.2) is 0 Å². The van der Waals surface area contributed by atoms with E-state index in [-0.39, 0.29) is 6.04 Å². The van der Waals surface area contributed by atoms with Crippen molar-refractivity contribution in [3.63, 3.8) is 0 Å². The molecule has 1 N–H and O–H groups in total. The Labute approximate surface area is 131 Å². The Hall–Kier alpha value is -2.55. The number of fused-ring (bicyclic) bond motifs is 5. The van der Waals surface area contributed by atoms with Crippen LogP contribution in [0.25, 0.3) is 0 Å². The summed E-state index contributed by atoms with van der Waals surface area (Å²) in [6, 6.07) is 17.7. The van der Waals surface area contributed by atoms with Crippen molar-refractivity contribution in [3.8, 4) is 0 Å². The average Bonchev–Trinajstić information content (AvgIpc) is 2.91. The second kappa shape index (κ2) is 5.34. The molecule has 22 heavy (non-hydrogen) atoms. The van der Waals surface area contributed by atoms with Gasteiger partial charge in [0, 0.05) is 12.2 Å². The van der Waals surface area contributed by atoms with Gasteiger partial charge in [-0.3, -0.25) is 4.99 Å². The molecule has 0 aliphatic carbocycles. The molecule has 0 spiro atoms. The molecule has 110 valence electrons. The number of guanidine groups is 1. The van der Waals surface area contributed by atoms with E-state index in [1.165, 1.54) is 22.4 Å². The summed E-state index contributed by atoms with van der Waals surface area (Å²) in [4.78, 5) is 7.09. The molecule has 2 aliphatic rings. The molecule has 2 aliphatic heterocycles. The molecule has 0 saturated carbocycles. The van der Waals surface area contributed by atoms with Gasteiger partial charge in [-0.05, 0) is 29.2 Å². The molecule has 3 heteroatoms. The summed E-state index contributed by atoms with van der Waals surface area (Å²) in [5.74, 6) is 0.953. The summed E-state index contributed by atoms with van der Waals surface area (Å²) in [6.45, 7) is 5.31. The number of nitrogens with zero attached hydrogens (tertiary/aromatic N) is 2. The fourth-order valence-corrected chi connectivity index (χ4v) is 3.42. The van der Waals surface area contributed by atoms with E-state index in [0.29, 0.717) is 0 Å². The summed E-state index contributed by atoms with van der Waals surface area (Å²) >= 11 is 0. The fourth-order valence-electron chi connectivity index (χ4n) is 3.42. The van der Waals surface area contributed by atoms with Gasteiger partial charge in [0.2, 0.25) is 0 Å². The highest BCUT2D eigenvalue weighted by atomic mass is 15.4. The Bertz CT molecular complexity index is 748. The lowest BCUT2D eigenvalue weighted by Gasteiger charge is -2.28. The van der Waals surface area contributed by atoms with Crippen LogP contribution in [0.1, 0.15) is 22.7 Å². The number of nitrogens with one attached hydrogen (secondary N) is 1. The molecule has 0 fully saturated rings. The van der Waals surface area contributed by atoms with Crippen molar-refractivity contribution in [3.05, 3.63) is 77.9 Å². The lowest BCUT2D eigenvalue weighted by Crippen LogP contribution is -2.40. The third-order valence-electron chi connectivity index (χ3n) is 4.40. The molecule has 2 aromatic rings. The SMILES string of the molecule is C=CCNC1=NCC2c3ccccc3Cc3ccccc3N12. The molecule has 3 nitrogen and oxygen atoms in total. The first kappa shape index (κ1) is 13.1. The Balaban J connectivity index is 1.85. The Kier molecular flexibility index (Phi) is 3.19. The van der Waals surface area contributed by atoms with Crippen molar-refractivity contribution in [1.82, 2.24) is 5.32 Å². The van der Waals surface area contributed by atoms with Crippen LogP contribution >= 0.6 is 0 Å². The minimum Gasteiger partial charge on any atom is -0.352 e. The zero-order chi connectivity index (χ0) is 14.9. The van der Waals surface area contributed by atoms with Crippen molar-refractivity contribution in [1.29, 1.82) is 0 Å². The molecule has 4 rings (SSSR count). The maximum atomic E-state index is 4.74. The number of aliphatic imine (C=N–C) groups is 1. The van der Waals surface area contributed by atoms with Crippen LogP contribution in [-0.2, 0) is 6.42 Å². The highest BCUT2D eigenvalue weighted by Crippen LogP contribution is 2.39. The highest BCUT2D eigenvalue weighted by Gasteiger charge is 2.34. The van der Waals surface area contributed by atoms with Gasteiger partial charge in [0.15, 0.2) is 5.96 Å². The number of para-hydroxylation sites is 1. The molecule has 2 aromatic carbocycles. The standard InChI is InChI=1S/C19H19N3/c1-2-11-20-19-21-13-18-16-9-5-3-7-14(16)12-15-8-4-6-10-17(15)22(18)19/h2-10,18H,1,11-13H2,(H,20,21). The van der Waals surface area contributed by atoms with Crippen LogP contribution in [0, 0.1) is 0 Å². The lowest BCUT2D eigenvalue weighted by molar-refractivity contribution is 0.764. The number of hydrogen-bond donors (Lipinski definition) is 1. The molecule has 0 aromatic heterocycles. The molecule has 2 heterocycles. The van der Waals surface area contributed by atoms with E-state index >= 15 is 0 Å². The number of rotatable bonds is 2. The molecular weight excluding hydrogens is 270 g/mol. The number of anilines is 1. The van der Waals surface area contributed by atoms with Gasteiger partial charge < -0.3 is 10.2 Å². The topological polar surface area (TPSA) is 27.6 Å². The van der Waals surface area contributed by atoms with E-state index in [1.807, 2.05) is 6.08 Å². The van der Waals surface area contributed by atoms with Gasteiger partial charge in [-0.15, -0.1) is 6.58 Å². The van der Waals surface area contributed by atoms with Crippen molar-refractivity contribution in [2.24, 2.45) is 4.99 Å². The van der Waals surface area contributed by atoms with Crippen LogP contribution in [0.5, 0.6) is 0 Å². The van der Waals surface area contributed by atoms with Crippen LogP contribution in [0.2, 0.25) is 0 Å². The van der Waals surface area contributed by atoms with Crippen LogP contribution in [-0.4, -0.2) is 19.0 Å². The molecule has 0 amide bonds. The minimum absolute atomic E-state index is 0.284. The summed E-state index contributed by atoms with van der Waals surface area (Å²) < 4.78 is 0. The van der Waals surface area contributed by atoms with E-state index in [2.05, 4.69) is 65.3 Å². The summed E-state index contributed by atoms with van der Waals surface area (Å²) in [5.41, 5.74) is 5.41. The van der Waals surface area contributed by atoms with E-state index in [9.17, 15) is 0 Å². The predicted molar refractivity (Wildman–Crippen MR) is 91.4 cm³/mol. The van der Waals surface area contributed by atoms with Crippen LogP contribution in [0.4, 0.5) is 5.69 Å². The Morgan fingerprint density at radius 3 is 2.77 bits per heavy atom. The minimum atomic E-state index is 0.284. The van der Waals surface area contributed by atoms with Crippen molar-refractivity contribution < 1.29 is 0 Å². The normalized spacial score (nSPS) is 18.6. The van der Waals surface area contributed by atoms with Gasteiger partial charge in [-0.2, -0.15) is 0 Å². The van der Waals surface area contributed by atoms with Crippen LogP contribution in [0.15, 0.2) is 66.2 Å². The zero-order valence-corrected chi connectivity index (χ0v) is 12.5. The molecule has 1 unspecified atom stereocenters. The van der Waals surface area contributed by atoms with Crippen LogP contribution in [0.3, 0.4) is 0 Å². The fraction of sp³-hybridized carbons (Fsp3) is 0.211. The molecule has 0 radical (unpaired) electrons. The maximum absolute atomic E-state index is 4.74. The predicted octanol–water partition coefficient (Wildman–Crippen LogP) is 3.28. The van der Waals surface area contributed by atoms with Crippen molar-refractivity contribution in [2.45, 2.75) is 12.5 Å². The lowest BCUT2D eigenvalue weighted by atomic mass is 9.97. The highest BCUT2D eigenvalue weighted by molar-refractivity contribution is 5.99. The quantitative estimate of drug-likeness (QED) is 0.859. The Morgan fingerprint density at radius 2 is 1.91 bits per heavy atom. The zero-order valence-electron chi connectivity index (χ0n) is 12.5. The molecule has 0 saturated heterocycles. The first-order valence-electron chi connectivity index (χ1n) is 7.72. The monoisotopic (exact) mass is 289 g/mol.